The summed E-state index contributed by atoms with van der Waals surface area (Å²) in [5.41, 5.74) is 10.1. The molecule has 3 rings (SSSR count). The van der Waals surface area contributed by atoms with Crippen LogP contribution in [0.3, 0.4) is 0 Å². The average molecular weight is 266 g/mol. The van der Waals surface area contributed by atoms with Gasteiger partial charge in [0.1, 0.15) is 5.69 Å². The molecule has 0 atom stereocenters. The standard InChI is InChI=1S/C15H14N4O/c1-9-7-10(2)13(17-8-9)14-18-15(20-19-14)11-3-5-12(16)6-4-11/h3-8H,16H2,1-2H3. The normalized spacial score (nSPS) is 10.7. The van der Waals surface area contributed by atoms with Crippen molar-refractivity contribution in [1.82, 2.24) is 15.1 Å². The fourth-order valence-electron chi connectivity index (χ4n) is 2.01. The summed E-state index contributed by atoms with van der Waals surface area (Å²) in [5.74, 6) is 0.955. The van der Waals surface area contributed by atoms with Crippen molar-refractivity contribution in [2.45, 2.75) is 13.8 Å². The Morgan fingerprint density at radius 2 is 1.85 bits per heavy atom. The number of nitrogens with two attached hydrogens (primary N) is 1. The van der Waals surface area contributed by atoms with Gasteiger partial charge >= 0.3 is 0 Å². The molecule has 0 unspecified atom stereocenters. The van der Waals surface area contributed by atoms with Gasteiger partial charge in [-0.2, -0.15) is 4.98 Å². The molecular weight excluding hydrogens is 252 g/mol. The highest BCUT2D eigenvalue weighted by Gasteiger charge is 2.13. The molecule has 100 valence electrons. The number of nitrogen functional groups attached to an aromatic ring is 1. The molecule has 0 aliphatic carbocycles. The quantitative estimate of drug-likeness (QED) is 0.721. The largest absolute Gasteiger partial charge is 0.399 e. The molecule has 0 saturated heterocycles. The Hall–Kier alpha value is -2.69. The van der Waals surface area contributed by atoms with Crippen LogP contribution in [0, 0.1) is 13.8 Å². The molecule has 0 fully saturated rings. The summed E-state index contributed by atoms with van der Waals surface area (Å²) < 4.78 is 5.29. The molecule has 0 amide bonds. The molecule has 2 N–H and O–H groups in total. The minimum atomic E-state index is 0.460. The van der Waals surface area contributed by atoms with Gasteiger partial charge in [-0.25, -0.2) is 0 Å². The molecule has 2 aromatic heterocycles. The molecule has 1 aromatic carbocycles. The number of hydrogen-bond donors (Lipinski definition) is 1. The first-order chi connectivity index (χ1) is 9.63. The second-order valence-corrected chi connectivity index (χ2v) is 4.72. The van der Waals surface area contributed by atoms with Crippen LogP contribution < -0.4 is 5.73 Å². The minimum Gasteiger partial charge on any atom is -0.399 e. The first-order valence-electron chi connectivity index (χ1n) is 6.27. The Kier molecular flexibility index (Phi) is 2.95. The van der Waals surface area contributed by atoms with Crippen LogP contribution in [0.4, 0.5) is 5.69 Å². The summed E-state index contributed by atoms with van der Waals surface area (Å²) in [6, 6.07) is 9.34. The van der Waals surface area contributed by atoms with Crippen LogP contribution in [0.25, 0.3) is 23.0 Å². The number of aromatic nitrogens is 3. The lowest BCUT2D eigenvalue weighted by Gasteiger charge is -2.00. The average Bonchev–Trinajstić information content (AvgIpc) is 2.89. The predicted octanol–water partition coefficient (Wildman–Crippen LogP) is 3.00. The molecule has 5 heteroatoms. The second kappa shape index (κ2) is 4.77. The van der Waals surface area contributed by atoms with E-state index in [0.717, 1.165) is 22.4 Å². The van der Waals surface area contributed by atoms with Gasteiger partial charge < -0.3 is 10.3 Å². The molecule has 0 radical (unpaired) electrons. The van der Waals surface area contributed by atoms with Crippen LogP contribution >= 0.6 is 0 Å². The monoisotopic (exact) mass is 266 g/mol. The van der Waals surface area contributed by atoms with Crippen molar-refractivity contribution in [3.63, 3.8) is 0 Å². The number of nitrogens with zero attached hydrogens (tertiary/aromatic N) is 3. The zero-order chi connectivity index (χ0) is 14.1. The van der Waals surface area contributed by atoms with Crippen LogP contribution in [-0.2, 0) is 0 Å². The van der Waals surface area contributed by atoms with Crippen LogP contribution in [0.1, 0.15) is 11.1 Å². The lowest BCUT2D eigenvalue weighted by atomic mass is 10.1. The van der Waals surface area contributed by atoms with E-state index in [0.29, 0.717) is 17.4 Å². The van der Waals surface area contributed by atoms with Gasteiger partial charge in [0.15, 0.2) is 0 Å². The summed E-state index contributed by atoms with van der Waals surface area (Å²) in [4.78, 5) is 8.75. The number of anilines is 1. The van der Waals surface area contributed by atoms with E-state index >= 15 is 0 Å². The summed E-state index contributed by atoms with van der Waals surface area (Å²) >= 11 is 0. The number of rotatable bonds is 2. The molecule has 0 saturated carbocycles. The Morgan fingerprint density at radius 1 is 1.10 bits per heavy atom. The van der Waals surface area contributed by atoms with E-state index in [1.165, 1.54) is 0 Å². The predicted molar refractivity (Wildman–Crippen MR) is 76.9 cm³/mol. The third kappa shape index (κ3) is 2.25. The first-order valence-corrected chi connectivity index (χ1v) is 6.27. The highest BCUT2D eigenvalue weighted by atomic mass is 16.5. The van der Waals surface area contributed by atoms with Crippen LogP contribution in [-0.4, -0.2) is 15.1 Å². The second-order valence-electron chi connectivity index (χ2n) is 4.72. The number of hydrogen-bond acceptors (Lipinski definition) is 5. The van der Waals surface area contributed by atoms with Gasteiger partial charge in [0, 0.05) is 17.4 Å². The van der Waals surface area contributed by atoms with Gasteiger partial charge in [-0.05, 0) is 49.2 Å². The zero-order valence-electron chi connectivity index (χ0n) is 11.3. The van der Waals surface area contributed by atoms with E-state index in [2.05, 4.69) is 15.1 Å². The first kappa shape index (κ1) is 12.3. The number of aryl methyl sites for hydroxylation is 2. The summed E-state index contributed by atoms with van der Waals surface area (Å²) in [5, 5.41) is 4.00. The van der Waals surface area contributed by atoms with Crippen molar-refractivity contribution in [3.8, 4) is 23.0 Å². The number of pyridine rings is 1. The van der Waals surface area contributed by atoms with E-state index in [1.807, 2.05) is 32.0 Å². The highest BCUT2D eigenvalue weighted by molar-refractivity contribution is 5.61. The van der Waals surface area contributed by atoms with Gasteiger partial charge in [-0.1, -0.05) is 11.2 Å². The van der Waals surface area contributed by atoms with Gasteiger partial charge in [0.25, 0.3) is 5.89 Å². The molecule has 0 spiro atoms. The van der Waals surface area contributed by atoms with E-state index in [4.69, 9.17) is 10.3 Å². The third-order valence-electron chi connectivity index (χ3n) is 3.01. The van der Waals surface area contributed by atoms with Crippen molar-refractivity contribution >= 4 is 5.69 Å². The lowest BCUT2D eigenvalue weighted by molar-refractivity contribution is 0.432. The van der Waals surface area contributed by atoms with Gasteiger partial charge in [-0.15, -0.1) is 0 Å². The molecular formula is C15H14N4O. The van der Waals surface area contributed by atoms with Crippen molar-refractivity contribution in [3.05, 3.63) is 47.7 Å². The molecule has 0 bridgehead atoms. The Morgan fingerprint density at radius 3 is 2.55 bits per heavy atom. The summed E-state index contributed by atoms with van der Waals surface area (Å²) in [6.07, 6.45) is 1.79. The number of benzene rings is 1. The van der Waals surface area contributed by atoms with E-state index in [9.17, 15) is 0 Å². The van der Waals surface area contributed by atoms with Crippen molar-refractivity contribution in [2.75, 3.05) is 5.73 Å². The highest BCUT2D eigenvalue weighted by Crippen LogP contribution is 2.23. The maximum Gasteiger partial charge on any atom is 0.258 e. The summed E-state index contributed by atoms with van der Waals surface area (Å²) in [7, 11) is 0. The fourth-order valence-corrected chi connectivity index (χ4v) is 2.01. The van der Waals surface area contributed by atoms with Crippen LogP contribution in [0.2, 0.25) is 0 Å². The lowest BCUT2D eigenvalue weighted by Crippen LogP contribution is -1.91. The minimum absolute atomic E-state index is 0.460. The Labute approximate surface area is 116 Å². The van der Waals surface area contributed by atoms with Gasteiger partial charge in [0.2, 0.25) is 5.82 Å². The van der Waals surface area contributed by atoms with Gasteiger partial charge in [-0.3, -0.25) is 4.98 Å². The molecule has 0 aliphatic heterocycles. The molecule has 5 nitrogen and oxygen atoms in total. The Balaban J connectivity index is 1.99. The molecule has 2 heterocycles. The van der Waals surface area contributed by atoms with E-state index in [-0.39, 0.29) is 0 Å². The maximum atomic E-state index is 5.66. The van der Waals surface area contributed by atoms with Crippen LogP contribution in [0.5, 0.6) is 0 Å². The molecule has 3 aromatic rings. The van der Waals surface area contributed by atoms with Crippen molar-refractivity contribution in [2.24, 2.45) is 0 Å². The summed E-state index contributed by atoms with van der Waals surface area (Å²) in [6.45, 7) is 3.98. The molecule has 0 aliphatic rings. The Bertz CT molecular complexity index is 747. The zero-order valence-corrected chi connectivity index (χ0v) is 11.3. The fraction of sp³-hybridized carbons (Fsp3) is 0.133. The maximum absolute atomic E-state index is 5.66. The van der Waals surface area contributed by atoms with Gasteiger partial charge in [0.05, 0.1) is 0 Å². The SMILES string of the molecule is Cc1cnc(-c2noc(-c3ccc(N)cc3)n2)c(C)c1. The smallest absolute Gasteiger partial charge is 0.258 e. The molecule has 20 heavy (non-hydrogen) atoms. The van der Waals surface area contributed by atoms with E-state index in [1.54, 1.807) is 18.3 Å². The van der Waals surface area contributed by atoms with Crippen molar-refractivity contribution < 1.29 is 4.52 Å². The van der Waals surface area contributed by atoms with Crippen LogP contribution in [0.15, 0.2) is 41.1 Å². The third-order valence-corrected chi connectivity index (χ3v) is 3.01. The van der Waals surface area contributed by atoms with E-state index < -0.39 is 0 Å². The van der Waals surface area contributed by atoms with Crippen molar-refractivity contribution in [1.29, 1.82) is 0 Å². The topological polar surface area (TPSA) is 77.8 Å².